The Labute approximate surface area is 458 Å². The summed E-state index contributed by atoms with van der Waals surface area (Å²) in [6.07, 6.45) is 6.46. The molecule has 78 heavy (non-hydrogen) atoms. The van der Waals surface area contributed by atoms with E-state index in [4.69, 9.17) is 20.2 Å². The van der Waals surface area contributed by atoms with Crippen LogP contribution >= 0.6 is 15.9 Å². The Morgan fingerprint density at radius 2 is 0.731 bits per heavy atom. The second-order valence-electron chi connectivity index (χ2n) is 18.0. The van der Waals surface area contributed by atoms with Crippen molar-refractivity contribution in [2.45, 2.75) is 11.1 Å². The van der Waals surface area contributed by atoms with Crippen molar-refractivity contribution in [3.05, 3.63) is 317 Å². The smallest absolute Gasteiger partial charge is 0.478 e. The molecule has 0 saturated carbocycles. The highest BCUT2D eigenvalue weighted by molar-refractivity contribution is 9.10. The number of rotatable bonds is 12. The number of benzene rings is 8. The topological polar surface area (TPSA) is 176 Å². The predicted molar refractivity (Wildman–Crippen MR) is 308 cm³/mol. The predicted octanol–water partition coefficient (Wildman–Crippen LogP) is 11.7. The van der Waals surface area contributed by atoms with E-state index in [9.17, 15) is 19.8 Å². The Morgan fingerprint density at radius 3 is 1.06 bits per heavy atom. The Bertz CT molecular complexity index is 3760. The molecule has 0 saturated heterocycles. The van der Waals surface area contributed by atoms with Crippen molar-refractivity contribution in [1.29, 1.82) is 0 Å². The molecule has 0 amide bonds. The van der Waals surface area contributed by atoms with Crippen LogP contribution in [-0.4, -0.2) is 68.8 Å². The molecule has 0 unspecified atom stereocenters. The number of pyridine rings is 2. The summed E-state index contributed by atoms with van der Waals surface area (Å²) < 4.78 is 4.64. The van der Waals surface area contributed by atoms with Gasteiger partial charge in [-0.3, -0.25) is 9.97 Å². The van der Waals surface area contributed by atoms with Gasteiger partial charge in [-0.05, 0) is 115 Å². The summed E-state index contributed by atoms with van der Waals surface area (Å²) in [4.78, 5) is 31.4. The van der Waals surface area contributed by atoms with Crippen molar-refractivity contribution >= 4 is 62.3 Å². The van der Waals surface area contributed by atoms with Gasteiger partial charge in [-0.2, -0.15) is 10.2 Å². The zero-order valence-electron chi connectivity index (χ0n) is 41.6. The molecule has 0 bridgehead atoms. The number of carbonyl (C=O) groups is 2. The summed E-state index contributed by atoms with van der Waals surface area (Å²) in [5.74, 6) is -1.94. The highest BCUT2D eigenvalue weighted by atomic mass is 79.9. The Hall–Kier alpha value is -9.60. The molecule has 380 valence electrons. The fourth-order valence-electron chi connectivity index (χ4n) is 10.0. The van der Waals surface area contributed by atoms with Crippen molar-refractivity contribution in [1.82, 2.24) is 29.5 Å². The zero-order valence-corrected chi connectivity index (χ0v) is 43.2. The van der Waals surface area contributed by atoms with E-state index in [0.717, 1.165) is 60.8 Å². The first-order valence-electron chi connectivity index (χ1n) is 24.8. The molecular formula is C64H48BBrN6O6. The fraction of sp³-hybridized carbons (Fsp3) is 0.0312. The monoisotopic (exact) mass is 1090 g/mol. The van der Waals surface area contributed by atoms with Crippen LogP contribution in [0.1, 0.15) is 54.1 Å². The molecule has 0 radical (unpaired) electrons. The van der Waals surface area contributed by atoms with Crippen LogP contribution in [0.5, 0.6) is 0 Å². The lowest BCUT2D eigenvalue weighted by Gasteiger charge is -2.37. The maximum Gasteiger partial charge on any atom is 0.488 e. The van der Waals surface area contributed by atoms with Crippen LogP contribution in [0.2, 0.25) is 0 Å². The van der Waals surface area contributed by atoms with Gasteiger partial charge in [0.05, 0.1) is 22.2 Å². The first-order chi connectivity index (χ1) is 38.1. The highest BCUT2D eigenvalue weighted by Gasteiger charge is 2.42. The average molecular weight is 1090 g/mol. The third-order valence-corrected chi connectivity index (χ3v) is 14.1. The molecule has 4 heterocycles. The second kappa shape index (κ2) is 23.1. The van der Waals surface area contributed by atoms with Crippen LogP contribution in [0.4, 0.5) is 0 Å². The Kier molecular flexibility index (Phi) is 15.4. The number of fused-ring (bicyclic) bond motifs is 2. The summed E-state index contributed by atoms with van der Waals surface area (Å²) >= 11 is 3.59. The molecule has 8 aromatic carbocycles. The van der Waals surface area contributed by atoms with Crippen molar-refractivity contribution in [2.75, 3.05) is 0 Å². The largest absolute Gasteiger partial charge is 0.488 e. The maximum absolute atomic E-state index is 11.9. The zero-order chi connectivity index (χ0) is 54.1. The summed E-state index contributed by atoms with van der Waals surface area (Å²) in [5, 5.41) is 48.1. The van der Waals surface area contributed by atoms with Crippen LogP contribution in [0, 0.1) is 0 Å². The van der Waals surface area contributed by atoms with E-state index in [0.29, 0.717) is 15.8 Å². The van der Waals surface area contributed by atoms with Gasteiger partial charge >= 0.3 is 19.1 Å². The molecule has 4 aromatic heterocycles. The molecule has 12 nitrogen and oxygen atoms in total. The minimum atomic E-state index is -1.38. The molecule has 0 spiro atoms. The number of aromatic carboxylic acids is 2. The summed E-state index contributed by atoms with van der Waals surface area (Å²) in [6, 6.07) is 78.9. The van der Waals surface area contributed by atoms with Gasteiger partial charge in [0.25, 0.3) is 0 Å². The molecule has 0 aliphatic rings. The van der Waals surface area contributed by atoms with Gasteiger partial charge in [0.2, 0.25) is 0 Å². The molecule has 4 N–H and O–H groups in total. The molecule has 12 aromatic rings. The first-order valence-corrected chi connectivity index (χ1v) is 25.6. The molecule has 12 rings (SSSR count). The van der Waals surface area contributed by atoms with E-state index in [1.807, 2.05) is 143 Å². The van der Waals surface area contributed by atoms with Gasteiger partial charge in [0.1, 0.15) is 21.4 Å². The van der Waals surface area contributed by atoms with E-state index in [-0.39, 0.29) is 11.1 Å². The Morgan fingerprint density at radius 1 is 0.410 bits per heavy atom. The van der Waals surface area contributed by atoms with Gasteiger partial charge in [-0.1, -0.05) is 182 Å². The molecule has 0 fully saturated rings. The van der Waals surface area contributed by atoms with E-state index >= 15 is 0 Å². The number of carboxylic acid groups (broad SMARTS) is 2. The molecule has 0 atom stereocenters. The molecular weight excluding hydrogens is 1040 g/mol. The average Bonchev–Trinajstić information content (AvgIpc) is 4.25. The van der Waals surface area contributed by atoms with Gasteiger partial charge < -0.3 is 20.3 Å². The lowest BCUT2D eigenvalue weighted by Crippen LogP contribution is -2.38. The third kappa shape index (κ3) is 10.0. The third-order valence-electron chi connectivity index (χ3n) is 13.6. The normalized spacial score (nSPS) is 11.2. The van der Waals surface area contributed by atoms with Gasteiger partial charge in [-0.25, -0.2) is 19.0 Å². The SMILES string of the molecule is O=C(O)c1ccc2c(c1)c(-c1ccncc1)nn2C(c1ccccc1)(c1ccccc1)c1ccccc1.O=C(O)c1ccc2c(c1)c(Br)nn2C(c1ccccc1)(c1ccccc1)c1ccccc1.OB(O)c1ccncc1. The number of hydrogen-bond donors (Lipinski definition) is 4. The van der Waals surface area contributed by atoms with Crippen LogP contribution < -0.4 is 5.46 Å². The highest BCUT2D eigenvalue weighted by Crippen LogP contribution is 2.45. The summed E-state index contributed by atoms with van der Waals surface area (Å²) in [7, 11) is -1.38. The van der Waals surface area contributed by atoms with Crippen molar-refractivity contribution in [3.8, 4) is 11.3 Å². The standard InChI is InChI=1S/C32H23N3O2.C27H19BrN2O2.C5H6BNO2/c36-31(37)24-16-17-29-28(22-24)30(23-18-20-33-21-19-23)34-35(29)32(25-10-4-1-5-11-25,26-12-6-2-7-13-26)27-14-8-3-9-15-27;28-25-23-18-19(26(31)32)16-17-24(23)30(29-25)27(20-10-4-1-5-11-20,21-12-6-2-7-13-21)22-14-8-3-9-15-22;8-6(9)5-1-3-7-4-2-5/h1-22H,(H,36,37);1-18H,(H,31,32);1-4,8-9H. The van der Waals surface area contributed by atoms with Gasteiger partial charge in [-0.15, -0.1) is 0 Å². The van der Waals surface area contributed by atoms with Crippen molar-refractivity contribution in [2.24, 2.45) is 0 Å². The number of halogens is 1. The maximum atomic E-state index is 11.9. The Balaban J connectivity index is 0.000000153. The fourth-order valence-corrected chi connectivity index (χ4v) is 10.5. The van der Waals surface area contributed by atoms with Crippen molar-refractivity contribution in [3.63, 3.8) is 0 Å². The van der Waals surface area contributed by atoms with E-state index in [2.05, 4.69) is 98.7 Å². The number of aromatic nitrogens is 6. The van der Waals surface area contributed by atoms with Crippen LogP contribution in [-0.2, 0) is 11.1 Å². The number of carboxylic acids is 2. The first kappa shape index (κ1) is 51.9. The minimum absolute atomic E-state index is 0.215. The lowest BCUT2D eigenvalue weighted by atomic mass is 9.77. The summed E-state index contributed by atoms with van der Waals surface area (Å²) in [6.45, 7) is 0. The number of nitrogens with zero attached hydrogens (tertiary/aromatic N) is 6. The molecule has 0 aliphatic carbocycles. The lowest BCUT2D eigenvalue weighted by molar-refractivity contribution is 0.0686. The van der Waals surface area contributed by atoms with Gasteiger partial charge in [0.15, 0.2) is 0 Å². The van der Waals surface area contributed by atoms with Crippen molar-refractivity contribution < 1.29 is 29.9 Å². The molecule has 14 heteroatoms. The molecule has 0 aliphatic heterocycles. The van der Waals surface area contributed by atoms with E-state index in [1.165, 1.54) is 12.4 Å². The number of hydrogen-bond acceptors (Lipinski definition) is 8. The minimum Gasteiger partial charge on any atom is -0.478 e. The second-order valence-corrected chi connectivity index (χ2v) is 18.8. The summed E-state index contributed by atoms with van der Waals surface area (Å²) in [5.41, 5.74) is 8.83. The van der Waals surface area contributed by atoms with Crippen LogP contribution in [0.25, 0.3) is 33.1 Å². The van der Waals surface area contributed by atoms with Crippen LogP contribution in [0.3, 0.4) is 0 Å². The quantitative estimate of drug-likeness (QED) is 0.0680. The van der Waals surface area contributed by atoms with Gasteiger partial charge in [0, 0.05) is 41.1 Å². The van der Waals surface area contributed by atoms with Crippen LogP contribution in [0.15, 0.2) is 272 Å². The van der Waals surface area contributed by atoms with E-state index < -0.39 is 30.1 Å². The van der Waals surface area contributed by atoms with E-state index in [1.54, 1.807) is 48.8 Å².